The molecule has 0 aromatic heterocycles. The molecule has 0 heterocycles. The average molecular weight is 413 g/mol. The lowest BCUT2D eigenvalue weighted by Crippen LogP contribution is -2.51. The van der Waals surface area contributed by atoms with Gasteiger partial charge >= 0.3 is 5.97 Å². The Hall–Kier alpha value is -2.37. The number of quaternary nitrogens is 1. The van der Waals surface area contributed by atoms with Crippen LogP contribution in [-0.4, -0.2) is 63.3 Å². The van der Waals surface area contributed by atoms with E-state index in [-0.39, 0.29) is 5.97 Å². The first kappa shape index (κ1) is 23.9. The zero-order chi connectivity index (χ0) is 21.8. The predicted octanol–water partition coefficient (Wildman–Crippen LogP) is 4.64. The highest BCUT2D eigenvalue weighted by Gasteiger charge is 2.25. The van der Waals surface area contributed by atoms with Crippen LogP contribution in [0, 0.1) is 0 Å². The molecule has 5 heteroatoms. The number of carbonyl (C=O) groups excluding carboxylic acids is 1. The Morgan fingerprint density at radius 1 is 0.933 bits per heavy atom. The molecule has 0 spiro atoms. The molecule has 0 saturated heterocycles. The molecule has 0 aliphatic heterocycles. The molecule has 0 saturated carbocycles. The van der Waals surface area contributed by atoms with E-state index in [1.54, 1.807) is 0 Å². The summed E-state index contributed by atoms with van der Waals surface area (Å²) in [6.07, 6.45) is 0. The van der Waals surface area contributed by atoms with E-state index in [1.165, 1.54) is 5.69 Å². The topological polar surface area (TPSA) is 41.6 Å². The van der Waals surface area contributed by atoms with Crippen LogP contribution in [0.2, 0.25) is 0 Å². The van der Waals surface area contributed by atoms with Crippen LogP contribution in [0.5, 0.6) is 0 Å². The van der Waals surface area contributed by atoms with Crippen molar-refractivity contribution in [1.82, 2.24) is 9.38 Å². The molecular formula is C25H38N3O2+. The van der Waals surface area contributed by atoms with Crippen molar-refractivity contribution in [2.24, 2.45) is 0 Å². The summed E-state index contributed by atoms with van der Waals surface area (Å²) in [5.74, 6) is -0.259. The maximum absolute atomic E-state index is 12.2. The highest BCUT2D eigenvalue weighted by molar-refractivity contribution is 5.89. The molecule has 0 amide bonds. The third-order valence-electron chi connectivity index (χ3n) is 6.04. The number of hydrogen-bond acceptors (Lipinski definition) is 4. The molecule has 0 aliphatic carbocycles. The largest absolute Gasteiger partial charge is 0.461 e. The van der Waals surface area contributed by atoms with Gasteiger partial charge in [-0.3, -0.25) is 4.48 Å². The van der Waals surface area contributed by atoms with Gasteiger partial charge in [0.2, 0.25) is 0 Å². The summed E-state index contributed by atoms with van der Waals surface area (Å²) in [5.41, 5.74) is 2.97. The quantitative estimate of drug-likeness (QED) is 0.384. The first-order valence-electron chi connectivity index (χ1n) is 11.2. The molecule has 1 N–H and O–H groups in total. The van der Waals surface area contributed by atoms with Crippen LogP contribution in [0.3, 0.4) is 0 Å². The van der Waals surface area contributed by atoms with Gasteiger partial charge in [0.1, 0.15) is 18.8 Å². The normalized spacial score (nSPS) is 11.5. The summed E-state index contributed by atoms with van der Waals surface area (Å²) in [6.45, 7) is 15.8. The number of rotatable bonds is 13. The highest BCUT2D eigenvalue weighted by atomic mass is 16.5. The first-order valence-corrected chi connectivity index (χ1v) is 11.2. The first-order chi connectivity index (χ1) is 14.6. The second-order valence-corrected chi connectivity index (χ2v) is 7.50. The van der Waals surface area contributed by atoms with Crippen molar-refractivity contribution in [3.8, 4) is 0 Å². The van der Waals surface area contributed by atoms with Gasteiger partial charge in [-0.15, -0.1) is 0 Å². The molecule has 0 radical (unpaired) electrons. The Bertz CT molecular complexity index is 739. The van der Waals surface area contributed by atoms with E-state index in [4.69, 9.17) is 4.74 Å². The average Bonchev–Trinajstić information content (AvgIpc) is 2.81. The maximum atomic E-state index is 12.2. The molecule has 30 heavy (non-hydrogen) atoms. The van der Waals surface area contributed by atoms with E-state index >= 15 is 0 Å². The standard InChI is InChI=1S/C25H37N3O2/c1-5-27(6-2)19-21-30-25(29)22-14-16-23(17-15-22)26-18-20-28(7-3,8-4)24-12-10-9-11-13-24/h9-17H,5-8,18-21H2,1-4H3/p+1. The van der Waals surface area contributed by atoms with Crippen molar-refractivity contribution in [2.75, 3.05) is 57.7 Å². The Kier molecular flexibility index (Phi) is 9.84. The third kappa shape index (κ3) is 6.57. The molecule has 164 valence electrons. The zero-order valence-electron chi connectivity index (χ0n) is 19.1. The van der Waals surface area contributed by atoms with E-state index in [0.717, 1.165) is 56.0 Å². The number of likely N-dealkylation sites (N-methyl/N-ethyl adjacent to an activating group) is 2. The lowest BCUT2D eigenvalue weighted by Gasteiger charge is -2.36. The fourth-order valence-electron chi connectivity index (χ4n) is 3.81. The summed E-state index contributed by atoms with van der Waals surface area (Å²) in [7, 11) is 0. The molecule has 2 aromatic carbocycles. The van der Waals surface area contributed by atoms with Crippen molar-refractivity contribution in [1.29, 1.82) is 0 Å². The molecule has 0 bridgehead atoms. The molecule has 0 fully saturated rings. The van der Waals surface area contributed by atoms with E-state index in [9.17, 15) is 4.79 Å². The van der Waals surface area contributed by atoms with Gasteiger partial charge in [0.05, 0.1) is 25.2 Å². The molecular weight excluding hydrogens is 374 g/mol. The van der Waals surface area contributed by atoms with Crippen LogP contribution in [0.25, 0.3) is 0 Å². The summed E-state index contributed by atoms with van der Waals surface area (Å²) in [5, 5.41) is 3.50. The lowest BCUT2D eigenvalue weighted by atomic mass is 10.2. The number of nitrogens with zero attached hydrogens (tertiary/aromatic N) is 2. The molecule has 2 aromatic rings. The van der Waals surface area contributed by atoms with Gasteiger partial charge in [-0.2, -0.15) is 0 Å². The maximum Gasteiger partial charge on any atom is 0.338 e. The molecule has 0 aliphatic rings. The molecule has 0 unspecified atom stereocenters. The fraction of sp³-hybridized carbons (Fsp3) is 0.480. The number of esters is 1. The number of ether oxygens (including phenoxy) is 1. The number of nitrogens with one attached hydrogen (secondary N) is 1. The van der Waals surface area contributed by atoms with Crippen molar-refractivity contribution in [3.05, 3.63) is 60.2 Å². The zero-order valence-corrected chi connectivity index (χ0v) is 19.1. The second-order valence-electron chi connectivity index (χ2n) is 7.50. The van der Waals surface area contributed by atoms with Crippen molar-refractivity contribution in [3.63, 3.8) is 0 Å². The van der Waals surface area contributed by atoms with Gasteiger partial charge in [0.25, 0.3) is 0 Å². The van der Waals surface area contributed by atoms with E-state index < -0.39 is 0 Å². The molecule has 0 atom stereocenters. The van der Waals surface area contributed by atoms with Gasteiger partial charge in [0.15, 0.2) is 0 Å². The van der Waals surface area contributed by atoms with E-state index in [0.29, 0.717) is 12.2 Å². The number of anilines is 1. The van der Waals surface area contributed by atoms with Crippen LogP contribution in [0.15, 0.2) is 54.6 Å². The van der Waals surface area contributed by atoms with Gasteiger partial charge in [-0.1, -0.05) is 32.0 Å². The minimum atomic E-state index is -0.259. The Labute approximate surface area is 182 Å². The summed E-state index contributed by atoms with van der Waals surface area (Å²) >= 11 is 0. The smallest absolute Gasteiger partial charge is 0.338 e. The van der Waals surface area contributed by atoms with Gasteiger partial charge in [-0.25, -0.2) is 4.79 Å². The van der Waals surface area contributed by atoms with Crippen LogP contribution >= 0.6 is 0 Å². The second kappa shape index (κ2) is 12.4. The Balaban J connectivity index is 1.86. The van der Waals surface area contributed by atoms with Crippen LogP contribution in [0.4, 0.5) is 11.4 Å². The van der Waals surface area contributed by atoms with Gasteiger partial charge in [0, 0.05) is 12.2 Å². The van der Waals surface area contributed by atoms with Crippen molar-refractivity contribution >= 4 is 17.3 Å². The number of para-hydroxylation sites is 1. The number of benzene rings is 2. The lowest BCUT2D eigenvalue weighted by molar-refractivity contribution is 0.0466. The van der Waals surface area contributed by atoms with Crippen LogP contribution < -0.4 is 9.80 Å². The van der Waals surface area contributed by atoms with Crippen molar-refractivity contribution < 1.29 is 9.53 Å². The van der Waals surface area contributed by atoms with E-state index in [1.807, 2.05) is 24.3 Å². The van der Waals surface area contributed by atoms with Gasteiger partial charge in [-0.05, 0) is 63.3 Å². The Morgan fingerprint density at radius 2 is 1.57 bits per heavy atom. The molecule has 2 rings (SSSR count). The SMILES string of the molecule is CCN(CC)CCOC(=O)c1ccc(NCC[N+](CC)(CC)c2ccccc2)cc1. The summed E-state index contributed by atoms with van der Waals surface area (Å²) < 4.78 is 6.35. The monoisotopic (exact) mass is 412 g/mol. The van der Waals surface area contributed by atoms with Gasteiger partial charge < -0.3 is 15.0 Å². The minimum absolute atomic E-state index is 0.259. The predicted molar refractivity (Wildman–Crippen MR) is 127 cm³/mol. The Morgan fingerprint density at radius 3 is 2.13 bits per heavy atom. The third-order valence-corrected chi connectivity index (χ3v) is 6.04. The fourth-order valence-corrected chi connectivity index (χ4v) is 3.81. The summed E-state index contributed by atoms with van der Waals surface area (Å²) in [4.78, 5) is 14.5. The summed E-state index contributed by atoms with van der Waals surface area (Å²) in [6, 6.07) is 18.3. The minimum Gasteiger partial charge on any atom is -0.461 e. The van der Waals surface area contributed by atoms with Crippen molar-refractivity contribution in [2.45, 2.75) is 27.7 Å². The molecule has 5 nitrogen and oxygen atoms in total. The van der Waals surface area contributed by atoms with Crippen LogP contribution in [0.1, 0.15) is 38.1 Å². The highest BCUT2D eigenvalue weighted by Crippen LogP contribution is 2.22. The van der Waals surface area contributed by atoms with E-state index in [2.05, 4.69) is 68.2 Å². The van der Waals surface area contributed by atoms with Crippen LogP contribution in [-0.2, 0) is 4.74 Å². The number of carbonyl (C=O) groups is 1. The number of hydrogen-bond donors (Lipinski definition) is 1.